The second-order valence-corrected chi connectivity index (χ2v) is 5.41. The standard InChI is InChI=1S/C18H20O4/c1-3-13(19)9-11-16(17(20)18(21)22-2)15-10-8-12-6-4-5-7-14(12)15/h4-8,10,15-16H,3,9,11H2,1-2H3. The number of benzene rings is 1. The van der Waals surface area contributed by atoms with E-state index in [1.54, 1.807) is 6.92 Å². The molecule has 2 atom stereocenters. The topological polar surface area (TPSA) is 60.4 Å². The smallest absolute Gasteiger partial charge is 0.374 e. The van der Waals surface area contributed by atoms with Gasteiger partial charge in [-0.1, -0.05) is 43.3 Å². The highest BCUT2D eigenvalue weighted by Gasteiger charge is 2.35. The first-order chi connectivity index (χ1) is 10.6. The van der Waals surface area contributed by atoms with Gasteiger partial charge >= 0.3 is 5.97 Å². The lowest BCUT2D eigenvalue weighted by atomic mass is 9.81. The Kier molecular flexibility index (Phi) is 5.26. The van der Waals surface area contributed by atoms with Gasteiger partial charge in [-0.3, -0.25) is 9.59 Å². The molecule has 1 aliphatic rings. The minimum Gasteiger partial charge on any atom is -0.463 e. The number of carbonyl (C=O) groups is 3. The Hall–Kier alpha value is -2.23. The van der Waals surface area contributed by atoms with Crippen LogP contribution in [0.15, 0.2) is 30.3 Å². The molecule has 0 radical (unpaired) electrons. The number of methoxy groups -OCH3 is 1. The van der Waals surface area contributed by atoms with E-state index in [1.165, 1.54) is 7.11 Å². The second kappa shape index (κ2) is 7.16. The summed E-state index contributed by atoms with van der Waals surface area (Å²) in [5.74, 6) is -2.03. The molecule has 0 aliphatic heterocycles. The number of rotatable bonds is 7. The predicted octanol–water partition coefficient (Wildman–Crippen LogP) is 2.91. The van der Waals surface area contributed by atoms with Gasteiger partial charge in [0.25, 0.3) is 0 Å². The summed E-state index contributed by atoms with van der Waals surface area (Å²) < 4.78 is 4.58. The zero-order chi connectivity index (χ0) is 16.1. The van der Waals surface area contributed by atoms with Crippen LogP contribution in [0.1, 0.15) is 43.2 Å². The summed E-state index contributed by atoms with van der Waals surface area (Å²) in [6.07, 6.45) is 5.00. The molecule has 0 aromatic heterocycles. The molecule has 1 aromatic carbocycles. The molecular formula is C18H20O4. The molecule has 0 saturated heterocycles. The maximum absolute atomic E-state index is 12.4. The summed E-state index contributed by atoms with van der Waals surface area (Å²) in [6.45, 7) is 1.80. The lowest BCUT2D eigenvalue weighted by molar-refractivity contribution is -0.154. The zero-order valence-corrected chi connectivity index (χ0v) is 12.9. The molecule has 0 heterocycles. The van der Waals surface area contributed by atoms with E-state index in [1.807, 2.05) is 36.4 Å². The number of allylic oxidation sites excluding steroid dienone is 1. The van der Waals surface area contributed by atoms with Crippen LogP contribution in [-0.4, -0.2) is 24.6 Å². The predicted molar refractivity (Wildman–Crippen MR) is 83.3 cm³/mol. The molecule has 2 rings (SSSR count). The lowest BCUT2D eigenvalue weighted by Gasteiger charge is -2.21. The maximum Gasteiger partial charge on any atom is 0.374 e. The van der Waals surface area contributed by atoms with Gasteiger partial charge in [-0.25, -0.2) is 4.79 Å². The number of hydrogen-bond acceptors (Lipinski definition) is 4. The third kappa shape index (κ3) is 3.32. The van der Waals surface area contributed by atoms with Crippen LogP contribution in [0.5, 0.6) is 0 Å². The Morgan fingerprint density at radius 2 is 1.95 bits per heavy atom. The molecule has 2 unspecified atom stereocenters. The normalized spacial score (nSPS) is 16.9. The lowest BCUT2D eigenvalue weighted by Crippen LogP contribution is -2.29. The number of ketones is 2. The van der Waals surface area contributed by atoms with Crippen molar-refractivity contribution in [2.24, 2.45) is 5.92 Å². The molecule has 4 heteroatoms. The van der Waals surface area contributed by atoms with Crippen molar-refractivity contribution in [3.05, 3.63) is 41.5 Å². The highest BCUT2D eigenvalue weighted by Crippen LogP contribution is 2.38. The van der Waals surface area contributed by atoms with Gasteiger partial charge in [-0.15, -0.1) is 0 Å². The first kappa shape index (κ1) is 16.1. The van der Waals surface area contributed by atoms with E-state index in [4.69, 9.17) is 0 Å². The van der Waals surface area contributed by atoms with Gasteiger partial charge in [-0.2, -0.15) is 0 Å². The van der Waals surface area contributed by atoms with E-state index in [0.717, 1.165) is 11.1 Å². The number of carbonyl (C=O) groups excluding carboxylic acids is 3. The summed E-state index contributed by atoms with van der Waals surface area (Å²) in [6, 6.07) is 7.78. The fourth-order valence-corrected chi connectivity index (χ4v) is 2.85. The number of Topliss-reactive ketones (excluding diaryl/α,β-unsaturated/α-hetero) is 2. The largest absolute Gasteiger partial charge is 0.463 e. The van der Waals surface area contributed by atoms with Gasteiger partial charge in [0.15, 0.2) is 0 Å². The van der Waals surface area contributed by atoms with E-state index in [2.05, 4.69) is 4.74 Å². The first-order valence-electron chi connectivity index (χ1n) is 7.49. The van der Waals surface area contributed by atoms with Crippen LogP contribution in [0.25, 0.3) is 6.08 Å². The first-order valence-corrected chi connectivity index (χ1v) is 7.49. The van der Waals surface area contributed by atoms with Crippen molar-refractivity contribution in [3.8, 4) is 0 Å². The Morgan fingerprint density at radius 3 is 2.64 bits per heavy atom. The summed E-state index contributed by atoms with van der Waals surface area (Å²) in [4.78, 5) is 35.6. The van der Waals surface area contributed by atoms with Gasteiger partial charge in [0.1, 0.15) is 5.78 Å². The second-order valence-electron chi connectivity index (χ2n) is 5.41. The van der Waals surface area contributed by atoms with Gasteiger partial charge in [-0.05, 0) is 17.5 Å². The average molecular weight is 300 g/mol. The third-order valence-corrected chi connectivity index (χ3v) is 4.12. The average Bonchev–Trinajstić information content (AvgIpc) is 2.97. The highest BCUT2D eigenvalue weighted by molar-refractivity contribution is 6.34. The zero-order valence-electron chi connectivity index (χ0n) is 12.9. The van der Waals surface area contributed by atoms with Crippen molar-refractivity contribution < 1.29 is 19.1 Å². The third-order valence-electron chi connectivity index (χ3n) is 4.12. The van der Waals surface area contributed by atoms with Crippen LogP contribution in [0.2, 0.25) is 0 Å². The molecule has 1 aromatic rings. The van der Waals surface area contributed by atoms with E-state index < -0.39 is 17.7 Å². The van der Waals surface area contributed by atoms with Gasteiger partial charge in [0.05, 0.1) is 7.11 Å². The Bertz CT molecular complexity index is 615. The van der Waals surface area contributed by atoms with Crippen molar-refractivity contribution >= 4 is 23.6 Å². The van der Waals surface area contributed by atoms with Crippen LogP contribution < -0.4 is 0 Å². The quantitative estimate of drug-likeness (QED) is 0.574. The summed E-state index contributed by atoms with van der Waals surface area (Å²) in [5, 5.41) is 0. The molecule has 0 fully saturated rings. The van der Waals surface area contributed by atoms with Crippen LogP contribution in [0.3, 0.4) is 0 Å². The molecule has 1 aliphatic carbocycles. The SMILES string of the molecule is CCC(=O)CCC(C(=O)C(=O)OC)C1C=Cc2ccccc21. The van der Waals surface area contributed by atoms with Crippen molar-refractivity contribution in [2.45, 2.75) is 32.1 Å². The molecular weight excluding hydrogens is 280 g/mol. The molecule has 22 heavy (non-hydrogen) atoms. The molecule has 4 nitrogen and oxygen atoms in total. The van der Waals surface area contributed by atoms with Crippen molar-refractivity contribution in [3.63, 3.8) is 0 Å². The van der Waals surface area contributed by atoms with Crippen molar-refractivity contribution in [1.29, 1.82) is 0 Å². The maximum atomic E-state index is 12.4. The van der Waals surface area contributed by atoms with Crippen molar-refractivity contribution in [2.75, 3.05) is 7.11 Å². The number of esters is 1. The van der Waals surface area contributed by atoms with E-state index in [-0.39, 0.29) is 11.7 Å². The van der Waals surface area contributed by atoms with Crippen LogP contribution in [0, 0.1) is 5.92 Å². The number of hydrogen-bond donors (Lipinski definition) is 0. The molecule has 0 saturated carbocycles. The van der Waals surface area contributed by atoms with Gasteiger partial charge in [0, 0.05) is 24.7 Å². The molecule has 116 valence electrons. The number of ether oxygens (including phenoxy) is 1. The molecule has 0 N–H and O–H groups in total. The summed E-state index contributed by atoms with van der Waals surface area (Å²) >= 11 is 0. The van der Waals surface area contributed by atoms with E-state index >= 15 is 0 Å². The van der Waals surface area contributed by atoms with E-state index in [9.17, 15) is 14.4 Å². The minimum atomic E-state index is -0.841. The van der Waals surface area contributed by atoms with Crippen LogP contribution in [-0.2, 0) is 19.1 Å². The molecule has 0 bridgehead atoms. The fraction of sp³-hybridized carbons (Fsp3) is 0.389. The minimum absolute atomic E-state index is 0.0953. The van der Waals surface area contributed by atoms with Crippen LogP contribution in [0.4, 0.5) is 0 Å². The monoisotopic (exact) mass is 300 g/mol. The van der Waals surface area contributed by atoms with Crippen molar-refractivity contribution in [1.82, 2.24) is 0 Å². The summed E-state index contributed by atoms with van der Waals surface area (Å²) in [7, 11) is 1.20. The van der Waals surface area contributed by atoms with Crippen LogP contribution >= 0.6 is 0 Å². The summed E-state index contributed by atoms with van der Waals surface area (Å²) in [5.41, 5.74) is 2.07. The number of fused-ring (bicyclic) bond motifs is 1. The highest BCUT2D eigenvalue weighted by atomic mass is 16.5. The van der Waals surface area contributed by atoms with E-state index in [0.29, 0.717) is 19.3 Å². The Morgan fingerprint density at radius 1 is 1.23 bits per heavy atom. The Labute approximate surface area is 130 Å². The molecule has 0 amide bonds. The molecule has 0 spiro atoms. The van der Waals surface area contributed by atoms with Gasteiger partial charge < -0.3 is 4.74 Å². The fourth-order valence-electron chi connectivity index (χ4n) is 2.85. The van der Waals surface area contributed by atoms with Gasteiger partial charge in [0.2, 0.25) is 5.78 Å². The Balaban J connectivity index is 2.25.